The third-order valence-corrected chi connectivity index (χ3v) is 3.55. The van der Waals surface area contributed by atoms with Crippen LogP contribution < -0.4 is 15.2 Å². The first-order valence-corrected chi connectivity index (χ1v) is 7.22. The highest BCUT2D eigenvalue weighted by Gasteiger charge is 2.07. The minimum absolute atomic E-state index is 0.415. The molecule has 1 aromatic heterocycles. The van der Waals surface area contributed by atoms with Crippen molar-refractivity contribution in [2.24, 2.45) is 0 Å². The van der Waals surface area contributed by atoms with E-state index in [0.717, 1.165) is 22.2 Å². The summed E-state index contributed by atoms with van der Waals surface area (Å²) >= 11 is 3.46. The molecule has 2 rings (SSSR count). The van der Waals surface area contributed by atoms with E-state index in [0.29, 0.717) is 24.1 Å². The summed E-state index contributed by atoms with van der Waals surface area (Å²) in [5, 5.41) is 0. The highest BCUT2D eigenvalue weighted by molar-refractivity contribution is 9.10. The van der Waals surface area contributed by atoms with Gasteiger partial charge in [0.25, 0.3) is 0 Å². The van der Waals surface area contributed by atoms with Gasteiger partial charge in [0, 0.05) is 10.5 Å². The van der Waals surface area contributed by atoms with Gasteiger partial charge in [0.05, 0.1) is 12.3 Å². The number of ether oxygens (including phenoxy) is 2. The number of hydrogen-bond donors (Lipinski definition) is 1. The van der Waals surface area contributed by atoms with Gasteiger partial charge in [-0.05, 0) is 43.2 Å². The van der Waals surface area contributed by atoms with Crippen molar-refractivity contribution in [1.82, 2.24) is 4.98 Å². The first-order valence-electron chi connectivity index (χ1n) is 6.43. The van der Waals surface area contributed by atoms with Crippen LogP contribution in [0.15, 0.2) is 34.8 Å². The predicted molar refractivity (Wildman–Crippen MR) is 83.4 cm³/mol. The van der Waals surface area contributed by atoms with Crippen molar-refractivity contribution in [3.8, 4) is 17.5 Å². The summed E-state index contributed by atoms with van der Waals surface area (Å²) in [7, 11) is 0. The number of aryl methyl sites for hydroxylation is 1. The van der Waals surface area contributed by atoms with Crippen LogP contribution in [0, 0.1) is 6.92 Å². The molecule has 0 amide bonds. The molecule has 2 N–H and O–H groups in total. The molecule has 0 aliphatic heterocycles. The molecule has 0 bridgehead atoms. The Morgan fingerprint density at radius 1 is 1.25 bits per heavy atom. The highest BCUT2D eigenvalue weighted by Crippen LogP contribution is 2.28. The standard InChI is InChI=1S/C15H17BrN2O2/c1-3-8-19-15-13(17)6-7-14(18-15)20-11-4-5-12(16)10(2)9-11/h4-7,9H,3,8,17H2,1-2H3. The van der Waals surface area contributed by atoms with Crippen molar-refractivity contribution in [3.63, 3.8) is 0 Å². The average Bonchev–Trinajstić information content (AvgIpc) is 2.43. The third-order valence-electron chi connectivity index (χ3n) is 2.66. The molecule has 0 saturated carbocycles. The molecule has 0 unspecified atom stereocenters. The Balaban J connectivity index is 2.18. The molecule has 0 saturated heterocycles. The van der Waals surface area contributed by atoms with Crippen LogP contribution in [0.1, 0.15) is 18.9 Å². The summed E-state index contributed by atoms with van der Waals surface area (Å²) in [6, 6.07) is 9.22. The first kappa shape index (κ1) is 14.7. The highest BCUT2D eigenvalue weighted by atomic mass is 79.9. The number of halogens is 1. The largest absolute Gasteiger partial charge is 0.476 e. The smallest absolute Gasteiger partial charge is 0.240 e. The van der Waals surface area contributed by atoms with Crippen LogP contribution in [0.5, 0.6) is 17.5 Å². The van der Waals surface area contributed by atoms with Crippen molar-refractivity contribution in [3.05, 3.63) is 40.4 Å². The third kappa shape index (κ3) is 3.63. The van der Waals surface area contributed by atoms with Gasteiger partial charge in [-0.15, -0.1) is 0 Å². The van der Waals surface area contributed by atoms with E-state index in [1.165, 1.54) is 0 Å². The van der Waals surface area contributed by atoms with E-state index >= 15 is 0 Å². The van der Waals surface area contributed by atoms with Gasteiger partial charge in [-0.2, -0.15) is 4.98 Å². The molecule has 5 heteroatoms. The minimum Gasteiger partial charge on any atom is -0.476 e. The Bertz CT molecular complexity index is 602. The zero-order valence-electron chi connectivity index (χ0n) is 11.5. The number of hydrogen-bond acceptors (Lipinski definition) is 4. The zero-order chi connectivity index (χ0) is 14.5. The molecule has 0 radical (unpaired) electrons. The lowest BCUT2D eigenvalue weighted by molar-refractivity contribution is 0.302. The maximum Gasteiger partial charge on any atom is 0.240 e. The van der Waals surface area contributed by atoms with E-state index in [-0.39, 0.29) is 0 Å². The van der Waals surface area contributed by atoms with Gasteiger partial charge in [-0.3, -0.25) is 0 Å². The number of pyridine rings is 1. The van der Waals surface area contributed by atoms with Crippen molar-refractivity contribution in [2.75, 3.05) is 12.3 Å². The number of nitrogens with zero attached hydrogens (tertiary/aromatic N) is 1. The molecular weight excluding hydrogens is 320 g/mol. The van der Waals surface area contributed by atoms with Gasteiger partial charge >= 0.3 is 0 Å². The van der Waals surface area contributed by atoms with E-state index in [2.05, 4.69) is 20.9 Å². The van der Waals surface area contributed by atoms with Crippen molar-refractivity contribution in [1.29, 1.82) is 0 Å². The lowest BCUT2D eigenvalue weighted by Gasteiger charge is -2.10. The van der Waals surface area contributed by atoms with E-state index in [1.54, 1.807) is 12.1 Å². The molecule has 0 aliphatic carbocycles. The van der Waals surface area contributed by atoms with Gasteiger partial charge in [0.1, 0.15) is 5.75 Å². The molecule has 4 nitrogen and oxygen atoms in total. The molecule has 20 heavy (non-hydrogen) atoms. The normalized spacial score (nSPS) is 10.3. The Hall–Kier alpha value is -1.75. The second kappa shape index (κ2) is 6.61. The predicted octanol–water partition coefficient (Wildman–Crippen LogP) is 4.32. The Morgan fingerprint density at radius 3 is 2.75 bits per heavy atom. The fourth-order valence-electron chi connectivity index (χ4n) is 1.61. The molecule has 0 aliphatic rings. The van der Waals surface area contributed by atoms with Crippen molar-refractivity contribution < 1.29 is 9.47 Å². The molecular formula is C15H17BrN2O2. The Kier molecular flexibility index (Phi) is 4.84. The van der Waals surface area contributed by atoms with Gasteiger partial charge in [-0.25, -0.2) is 0 Å². The van der Waals surface area contributed by atoms with Crippen LogP contribution >= 0.6 is 15.9 Å². The van der Waals surface area contributed by atoms with Crippen LogP contribution in [0.4, 0.5) is 5.69 Å². The summed E-state index contributed by atoms with van der Waals surface area (Å²) in [6.45, 7) is 4.61. The summed E-state index contributed by atoms with van der Waals surface area (Å²) < 4.78 is 12.2. The van der Waals surface area contributed by atoms with E-state index in [4.69, 9.17) is 15.2 Å². The molecule has 0 fully saturated rings. The molecule has 1 heterocycles. The topological polar surface area (TPSA) is 57.4 Å². The summed E-state index contributed by atoms with van der Waals surface area (Å²) in [5.41, 5.74) is 7.43. The van der Waals surface area contributed by atoms with Gasteiger partial charge in [-0.1, -0.05) is 22.9 Å². The van der Waals surface area contributed by atoms with Gasteiger partial charge < -0.3 is 15.2 Å². The first-order chi connectivity index (χ1) is 9.60. The SMILES string of the molecule is CCCOc1nc(Oc2ccc(Br)c(C)c2)ccc1N. The van der Waals surface area contributed by atoms with Crippen LogP contribution in [0.3, 0.4) is 0 Å². The number of rotatable bonds is 5. The molecule has 0 spiro atoms. The Morgan fingerprint density at radius 2 is 2.05 bits per heavy atom. The molecule has 106 valence electrons. The number of aromatic nitrogens is 1. The maximum atomic E-state index is 5.82. The van der Waals surface area contributed by atoms with E-state index < -0.39 is 0 Å². The van der Waals surface area contributed by atoms with E-state index in [9.17, 15) is 0 Å². The monoisotopic (exact) mass is 336 g/mol. The molecule has 2 aromatic rings. The maximum absolute atomic E-state index is 5.82. The molecule has 0 atom stereocenters. The number of anilines is 1. The van der Waals surface area contributed by atoms with Gasteiger partial charge in [0.15, 0.2) is 0 Å². The lowest BCUT2D eigenvalue weighted by Crippen LogP contribution is -2.02. The number of nitrogens with two attached hydrogens (primary N) is 1. The van der Waals surface area contributed by atoms with Crippen LogP contribution in [-0.4, -0.2) is 11.6 Å². The summed E-state index contributed by atoms with van der Waals surface area (Å²) in [5.74, 6) is 1.61. The lowest BCUT2D eigenvalue weighted by atomic mass is 10.2. The van der Waals surface area contributed by atoms with E-state index in [1.807, 2.05) is 32.0 Å². The second-order valence-corrected chi connectivity index (χ2v) is 5.26. The van der Waals surface area contributed by atoms with Crippen molar-refractivity contribution in [2.45, 2.75) is 20.3 Å². The van der Waals surface area contributed by atoms with Crippen LogP contribution in [0.2, 0.25) is 0 Å². The fraction of sp³-hybridized carbons (Fsp3) is 0.267. The van der Waals surface area contributed by atoms with Gasteiger partial charge in [0.2, 0.25) is 11.8 Å². The minimum atomic E-state index is 0.415. The van der Waals surface area contributed by atoms with Crippen LogP contribution in [-0.2, 0) is 0 Å². The average molecular weight is 337 g/mol. The number of benzene rings is 1. The molecule has 1 aromatic carbocycles. The fourth-order valence-corrected chi connectivity index (χ4v) is 1.85. The summed E-state index contributed by atoms with van der Waals surface area (Å²) in [4.78, 5) is 4.28. The summed E-state index contributed by atoms with van der Waals surface area (Å²) in [6.07, 6.45) is 0.901. The zero-order valence-corrected chi connectivity index (χ0v) is 13.1. The quantitative estimate of drug-likeness (QED) is 0.883. The Labute approximate surface area is 127 Å². The van der Waals surface area contributed by atoms with Crippen molar-refractivity contribution >= 4 is 21.6 Å². The number of nitrogen functional groups attached to an aromatic ring is 1. The van der Waals surface area contributed by atoms with Crippen LogP contribution in [0.25, 0.3) is 0 Å². The second-order valence-electron chi connectivity index (χ2n) is 4.41.